The molecule has 3 rings (SSSR count). The Morgan fingerprint density at radius 2 is 2.04 bits per heavy atom. The number of rotatable bonds is 5. The van der Waals surface area contributed by atoms with Gasteiger partial charge < -0.3 is 19.5 Å². The Bertz CT molecular complexity index is 739. The third kappa shape index (κ3) is 5.27. The lowest BCUT2D eigenvalue weighted by molar-refractivity contribution is -0.111. The van der Waals surface area contributed by atoms with Gasteiger partial charge in [-0.05, 0) is 43.0 Å². The Labute approximate surface area is 165 Å². The summed E-state index contributed by atoms with van der Waals surface area (Å²) in [7, 11) is 0. The molecule has 140 valence electrons. The molecule has 1 aliphatic heterocycles. The smallest absolute Gasteiger partial charge is 0.248 e. The molecule has 5 nitrogen and oxygen atoms in total. The zero-order chi connectivity index (χ0) is 17.6. The third-order valence-electron chi connectivity index (χ3n) is 4.32. The molecule has 0 radical (unpaired) electrons. The molecule has 0 aliphatic carbocycles. The van der Waals surface area contributed by atoms with E-state index in [0.29, 0.717) is 16.5 Å². The largest absolute Gasteiger partial charge is 0.465 e. The van der Waals surface area contributed by atoms with E-state index in [2.05, 4.69) is 22.0 Å². The molecule has 0 unspecified atom stereocenters. The maximum Gasteiger partial charge on any atom is 0.248 e. The van der Waals surface area contributed by atoms with Crippen molar-refractivity contribution in [1.29, 1.82) is 0 Å². The van der Waals surface area contributed by atoms with Crippen molar-refractivity contribution >= 4 is 47.4 Å². The summed E-state index contributed by atoms with van der Waals surface area (Å²) >= 11 is 6.44. The summed E-state index contributed by atoms with van der Waals surface area (Å²) in [4.78, 5) is 16.7. The molecule has 26 heavy (non-hydrogen) atoms. The summed E-state index contributed by atoms with van der Waals surface area (Å²) in [6.07, 6.45) is 4.62. The van der Waals surface area contributed by atoms with E-state index in [4.69, 9.17) is 16.0 Å². The van der Waals surface area contributed by atoms with Crippen molar-refractivity contribution in [1.82, 2.24) is 4.90 Å². The van der Waals surface area contributed by atoms with Crippen molar-refractivity contribution in [2.75, 3.05) is 42.9 Å². The van der Waals surface area contributed by atoms with Crippen molar-refractivity contribution < 1.29 is 9.21 Å². The van der Waals surface area contributed by atoms with Gasteiger partial charge in [-0.1, -0.05) is 18.5 Å². The quantitative estimate of drug-likeness (QED) is 0.772. The fourth-order valence-electron chi connectivity index (χ4n) is 2.87. The van der Waals surface area contributed by atoms with Gasteiger partial charge in [0.25, 0.3) is 0 Å². The number of halogens is 2. The molecule has 1 fully saturated rings. The summed E-state index contributed by atoms with van der Waals surface area (Å²) in [6.45, 7) is 7.28. The van der Waals surface area contributed by atoms with Crippen LogP contribution in [0.25, 0.3) is 6.08 Å². The molecular formula is C19H23Cl2N3O2. The first-order valence-corrected chi connectivity index (χ1v) is 8.83. The van der Waals surface area contributed by atoms with Crippen LogP contribution in [-0.4, -0.2) is 43.5 Å². The van der Waals surface area contributed by atoms with Gasteiger partial charge in [-0.3, -0.25) is 4.79 Å². The minimum absolute atomic E-state index is 0. The highest BCUT2D eigenvalue weighted by Gasteiger charge is 2.18. The fraction of sp³-hybridized carbons (Fsp3) is 0.316. The fourth-order valence-corrected chi connectivity index (χ4v) is 3.17. The number of hydrogen-bond acceptors (Lipinski definition) is 4. The van der Waals surface area contributed by atoms with Crippen LogP contribution in [0, 0.1) is 0 Å². The molecule has 7 heteroatoms. The van der Waals surface area contributed by atoms with Crippen LogP contribution >= 0.6 is 24.0 Å². The molecule has 1 N–H and O–H groups in total. The van der Waals surface area contributed by atoms with Crippen LogP contribution in [0.15, 0.2) is 47.1 Å². The Balaban J connectivity index is 0.00000243. The molecule has 2 aromatic rings. The first-order chi connectivity index (χ1) is 12.2. The third-order valence-corrected chi connectivity index (χ3v) is 4.62. The lowest BCUT2D eigenvalue weighted by Gasteiger charge is -2.36. The van der Waals surface area contributed by atoms with E-state index in [9.17, 15) is 4.79 Å². The maximum absolute atomic E-state index is 12.0. The molecule has 0 spiro atoms. The van der Waals surface area contributed by atoms with Crippen LogP contribution in [0.1, 0.15) is 12.7 Å². The minimum Gasteiger partial charge on any atom is -0.465 e. The van der Waals surface area contributed by atoms with E-state index in [-0.39, 0.29) is 18.3 Å². The van der Waals surface area contributed by atoms with Gasteiger partial charge in [-0.15, -0.1) is 12.4 Å². The lowest BCUT2D eigenvalue weighted by atomic mass is 10.2. The topological polar surface area (TPSA) is 48.7 Å². The normalized spacial score (nSPS) is 15.1. The van der Waals surface area contributed by atoms with E-state index < -0.39 is 0 Å². The Morgan fingerprint density at radius 1 is 1.27 bits per heavy atom. The first-order valence-electron chi connectivity index (χ1n) is 8.45. The number of piperazine rings is 1. The van der Waals surface area contributed by atoms with Gasteiger partial charge in [0.15, 0.2) is 0 Å². The van der Waals surface area contributed by atoms with Gasteiger partial charge >= 0.3 is 0 Å². The van der Waals surface area contributed by atoms with Crippen LogP contribution in [0.5, 0.6) is 0 Å². The molecule has 0 atom stereocenters. The number of anilines is 2. The standard InChI is InChI=1S/C19H22ClN3O2.ClH/c1-2-22-9-11-23(12-10-22)18-7-5-15(14-17(18)20)21-19(24)8-6-16-4-3-13-25-16;/h3-8,13-14H,2,9-12H2,1H3,(H,21,24);1H/b8-6+;. The van der Waals surface area contributed by atoms with Gasteiger partial charge in [0.05, 0.1) is 17.0 Å². The Morgan fingerprint density at radius 3 is 2.65 bits per heavy atom. The van der Waals surface area contributed by atoms with Crippen LogP contribution in [0.3, 0.4) is 0 Å². The number of benzene rings is 1. The Kier molecular flexibility index (Phi) is 7.57. The number of nitrogens with zero attached hydrogens (tertiary/aromatic N) is 2. The molecule has 0 bridgehead atoms. The van der Waals surface area contributed by atoms with Gasteiger partial charge in [0.1, 0.15) is 5.76 Å². The van der Waals surface area contributed by atoms with E-state index in [1.165, 1.54) is 6.08 Å². The number of carbonyl (C=O) groups is 1. The molecule has 1 aromatic heterocycles. The second-order valence-corrected chi connectivity index (χ2v) is 6.33. The van der Waals surface area contributed by atoms with Crippen molar-refractivity contribution in [3.63, 3.8) is 0 Å². The first kappa shape index (κ1) is 20.4. The van der Waals surface area contributed by atoms with E-state index in [1.54, 1.807) is 30.5 Å². The summed E-state index contributed by atoms with van der Waals surface area (Å²) < 4.78 is 5.15. The maximum atomic E-state index is 12.0. The van der Waals surface area contributed by atoms with Gasteiger partial charge in [0, 0.05) is 37.9 Å². The highest BCUT2D eigenvalue weighted by molar-refractivity contribution is 6.33. The number of likely N-dealkylation sites (N-methyl/N-ethyl adjacent to an activating group) is 1. The molecule has 1 amide bonds. The molecular weight excluding hydrogens is 373 g/mol. The lowest BCUT2D eigenvalue weighted by Crippen LogP contribution is -2.46. The predicted octanol–water partition coefficient (Wildman–Crippen LogP) is 4.15. The number of amides is 1. The molecule has 2 heterocycles. The SMILES string of the molecule is CCN1CCN(c2ccc(NC(=O)/C=C/c3ccco3)cc2Cl)CC1.Cl. The van der Waals surface area contributed by atoms with E-state index in [1.807, 2.05) is 12.1 Å². The van der Waals surface area contributed by atoms with Crippen LogP contribution in [0.4, 0.5) is 11.4 Å². The van der Waals surface area contributed by atoms with Crippen molar-refractivity contribution in [3.8, 4) is 0 Å². The van der Waals surface area contributed by atoms with E-state index >= 15 is 0 Å². The van der Waals surface area contributed by atoms with E-state index in [0.717, 1.165) is 38.4 Å². The monoisotopic (exact) mass is 395 g/mol. The average molecular weight is 396 g/mol. The highest BCUT2D eigenvalue weighted by atomic mass is 35.5. The Hall–Kier alpha value is -1.95. The summed E-state index contributed by atoms with van der Waals surface area (Å²) in [5, 5.41) is 3.46. The van der Waals surface area contributed by atoms with Crippen molar-refractivity contribution in [2.45, 2.75) is 6.92 Å². The second kappa shape index (κ2) is 9.67. The van der Waals surface area contributed by atoms with Gasteiger partial charge in [-0.25, -0.2) is 0 Å². The zero-order valence-electron chi connectivity index (χ0n) is 14.7. The highest BCUT2D eigenvalue weighted by Crippen LogP contribution is 2.29. The average Bonchev–Trinajstić information content (AvgIpc) is 3.14. The summed E-state index contributed by atoms with van der Waals surface area (Å²) in [5.41, 5.74) is 1.69. The van der Waals surface area contributed by atoms with Crippen molar-refractivity contribution in [3.05, 3.63) is 53.5 Å². The predicted molar refractivity (Wildman–Crippen MR) is 109 cm³/mol. The summed E-state index contributed by atoms with van der Waals surface area (Å²) in [5.74, 6) is 0.409. The summed E-state index contributed by atoms with van der Waals surface area (Å²) in [6, 6.07) is 9.20. The van der Waals surface area contributed by atoms with Crippen LogP contribution < -0.4 is 10.2 Å². The molecule has 0 saturated carbocycles. The van der Waals surface area contributed by atoms with Crippen LogP contribution in [-0.2, 0) is 4.79 Å². The van der Waals surface area contributed by atoms with Crippen molar-refractivity contribution in [2.24, 2.45) is 0 Å². The van der Waals surface area contributed by atoms with Gasteiger partial charge in [-0.2, -0.15) is 0 Å². The second-order valence-electron chi connectivity index (χ2n) is 5.93. The number of hydrogen-bond donors (Lipinski definition) is 1. The molecule has 1 aromatic carbocycles. The number of furan rings is 1. The minimum atomic E-state index is -0.225. The molecule has 1 saturated heterocycles. The van der Waals surface area contributed by atoms with Crippen LogP contribution in [0.2, 0.25) is 5.02 Å². The van der Waals surface area contributed by atoms with Gasteiger partial charge in [0.2, 0.25) is 5.91 Å². The number of carbonyl (C=O) groups excluding carboxylic acids is 1. The zero-order valence-corrected chi connectivity index (χ0v) is 16.2. The number of nitrogens with one attached hydrogen (secondary N) is 1. The molecule has 1 aliphatic rings.